The van der Waals surface area contributed by atoms with Gasteiger partial charge in [-0.2, -0.15) is 0 Å². The van der Waals surface area contributed by atoms with E-state index in [1.54, 1.807) is 22.3 Å². The van der Waals surface area contributed by atoms with E-state index in [0.717, 1.165) is 4.88 Å². The lowest BCUT2D eigenvalue weighted by Crippen LogP contribution is -2.32. The summed E-state index contributed by atoms with van der Waals surface area (Å²) in [6.07, 6.45) is 0.946. The predicted octanol–water partition coefficient (Wildman–Crippen LogP) is 1.35. The Labute approximate surface area is 121 Å². The molecule has 1 rings (SSSR count). The smallest absolute Gasteiger partial charge is 0.233 e. The first-order valence-corrected chi connectivity index (χ1v) is 7.98. The molecule has 0 aliphatic rings. The van der Waals surface area contributed by atoms with Crippen molar-refractivity contribution in [3.8, 4) is 0 Å². The van der Waals surface area contributed by atoms with Crippen LogP contribution in [0.2, 0.25) is 0 Å². The van der Waals surface area contributed by atoms with Crippen LogP contribution in [0.1, 0.15) is 4.88 Å². The molecule has 0 spiro atoms. The van der Waals surface area contributed by atoms with Gasteiger partial charge in [0.05, 0.1) is 25.0 Å². The van der Waals surface area contributed by atoms with Gasteiger partial charge in [-0.3, -0.25) is 4.79 Å². The maximum absolute atomic E-state index is 12.0. The number of carbonyl (C=O) groups excluding carboxylic acids is 1. The second kappa shape index (κ2) is 9.14. The highest BCUT2D eigenvalue weighted by atomic mass is 32.2. The van der Waals surface area contributed by atoms with Crippen molar-refractivity contribution in [1.82, 2.24) is 4.90 Å². The van der Waals surface area contributed by atoms with Crippen LogP contribution >= 0.6 is 23.1 Å². The number of hydrogen-bond donors (Lipinski definition) is 2. The number of nitrogens with zero attached hydrogens (tertiary/aromatic N) is 1. The first-order chi connectivity index (χ1) is 9.17. The molecule has 106 valence electrons. The fourth-order valence-corrected chi connectivity index (χ4v) is 3.00. The maximum Gasteiger partial charge on any atom is 0.233 e. The molecular weight excluding hydrogens is 282 g/mol. The molecule has 0 saturated heterocycles. The zero-order chi connectivity index (χ0) is 14.1. The second-order valence-corrected chi connectivity index (χ2v) is 6.06. The van der Waals surface area contributed by atoms with Crippen LogP contribution in [0.3, 0.4) is 0 Å². The van der Waals surface area contributed by atoms with Gasteiger partial charge in [-0.25, -0.2) is 0 Å². The van der Waals surface area contributed by atoms with E-state index in [4.69, 9.17) is 5.11 Å². The van der Waals surface area contributed by atoms with Crippen molar-refractivity contribution >= 4 is 29.0 Å². The number of carbonyl (C=O) groups is 1. The maximum atomic E-state index is 12.0. The number of aliphatic hydroxyl groups is 2. The van der Waals surface area contributed by atoms with Gasteiger partial charge >= 0.3 is 0 Å². The summed E-state index contributed by atoms with van der Waals surface area (Å²) >= 11 is 2.95. The minimum absolute atomic E-state index is 0.0171. The third-order valence-electron chi connectivity index (χ3n) is 2.38. The lowest BCUT2D eigenvalue weighted by molar-refractivity contribution is -0.128. The van der Waals surface area contributed by atoms with Gasteiger partial charge in [-0.05, 0) is 11.4 Å². The molecule has 4 nitrogen and oxygen atoms in total. The summed E-state index contributed by atoms with van der Waals surface area (Å²) in [7, 11) is 0. The minimum atomic E-state index is -0.761. The fraction of sp³-hybridized carbons (Fsp3) is 0.462. The Hall–Kier alpha value is -0.820. The van der Waals surface area contributed by atoms with Crippen LogP contribution in [0.5, 0.6) is 0 Å². The number of thioether (sulfide) groups is 1. The molecule has 1 atom stereocenters. The topological polar surface area (TPSA) is 60.8 Å². The van der Waals surface area contributed by atoms with E-state index in [1.165, 1.54) is 11.8 Å². The fourth-order valence-electron chi connectivity index (χ4n) is 1.43. The Morgan fingerprint density at radius 1 is 1.63 bits per heavy atom. The Bertz CT molecular complexity index is 381. The average Bonchev–Trinajstić information content (AvgIpc) is 2.90. The molecule has 0 bridgehead atoms. The Kier molecular flexibility index (Phi) is 7.81. The van der Waals surface area contributed by atoms with Crippen molar-refractivity contribution in [2.45, 2.75) is 12.6 Å². The molecule has 6 heteroatoms. The van der Waals surface area contributed by atoms with Crippen LogP contribution in [-0.4, -0.2) is 51.8 Å². The normalized spacial score (nSPS) is 12.1. The Morgan fingerprint density at radius 2 is 2.42 bits per heavy atom. The number of amides is 1. The van der Waals surface area contributed by atoms with E-state index in [9.17, 15) is 9.90 Å². The molecule has 0 radical (unpaired) electrons. The van der Waals surface area contributed by atoms with Gasteiger partial charge < -0.3 is 15.1 Å². The van der Waals surface area contributed by atoms with Gasteiger partial charge in [0.2, 0.25) is 5.91 Å². The lowest BCUT2D eigenvalue weighted by Gasteiger charge is -2.20. The molecule has 0 aliphatic heterocycles. The van der Waals surface area contributed by atoms with E-state index in [1.807, 2.05) is 17.5 Å². The first-order valence-electron chi connectivity index (χ1n) is 5.95. The second-order valence-electron chi connectivity index (χ2n) is 3.99. The molecule has 1 heterocycles. The highest BCUT2D eigenvalue weighted by Gasteiger charge is 2.14. The summed E-state index contributed by atoms with van der Waals surface area (Å²) in [5, 5.41) is 19.9. The van der Waals surface area contributed by atoms with E-state index in [2.05, 4.69) is 6.58 Å². The van der Waals surface area contributed by atoms with E-state index >= 15 is 0 Å². The highest BCUT2D eigenvalue weighted by molar-refractivity contribution is 7.99. The number of hydrogen-bond acceptors (Lipinski definition) is 5. The molecule has 0 fully saturated rings. The number of aliphatic hydroxyl groups excluding tert-OH is 2. The van der Waals surface area contributed by atoms with Crippen LogP contribution in [0.25, 0.3) is 0 Å². The van der Waals surface area contributed by atoms with E-state index in [-0.39, 0.29) is 12.5 Å². The first kappa shape index (κ1) is 16.2. The molecule has 0 saturated carbocycles. The molecule has 0 aliphatic carbocycles. The largest absolute Gasteiger partial charge is 0.394 e. The van der Waals surface area contributed by atoms with Gasteiger partial charge in [0.15, 0.2) is 0 Å². The van der Waals surface area contributed by atoms with Crippen molar-refractivity contribution in [2.24, 2.45) is 0 Å². The molecule has 1 unspecified atom stereocenters. The Morgan fingerprint density at radius 3 is 3.00 bits per heavy atom. The highest BCUT2D eigenvalue weighted by Crippen LogP contribution is 2.13. The molecule has 1 aromatic rings. The van der Waals surface area contributed by atoms with Crippen molar-refractivity contribution in [3.05, 3.63) is 35.0 Å². The van der Waals surface area contributed by atoms with Crippen molar-refractivity contribution in [2.75, 3.05) is 24.7 Å². The van der Waals surface area contributed by atoms with Crippen molar-refractivity contribution in [3.63, 3.8) is 0 Å². The van der Waals surface area contributed by atoms with Crippen LogP contribution in [0.15, 0.2) is 30.2 Å². The minimum Gasteiger partial charge on any atom is -0.394 e. The average molecular weight is 301 g/mol. The zero-order valence-corrected chi connectivity index (χ0v) is 12.3. The van der Waals surface area contributed by atoms with Gasteiger partial charge in [0.25, 0.3) is 0 Å². The van der Waals surface area contributed by atoms with Gasteiger partial charge in [-0.15, -0.1) is 29.7 Å². The summed E-state index contributed by atoms with van der Waals surface area (Å²) in [4.78, 5) is 14.9. The summed E-state index contributed by atoms with van der Waals surface area (Å²) in [5.74, 6) is 0.683. The van der Waals surface area contributed by atoms with Crippen molar-refractivity contribution < 1.29 is 15.0 Å². The number of rotatable bonds is 9. The predicted molar refractivity (Wildman–Crippen MR) is 80.4 cm³/mol. The van der Waals surface area contributed by atoms with Gasteiger partial charge in [0, 0.05) is 17.2 Å². The summed E-state index contributed by atoms with van der Waals surface area (Å²) in [6, 6.07) is 3.96. The SMILES string of the molecule is C=CCN(Cc1cccs1)C(=O)CSCC(O)CO. The summed E-state index contributed by atoms with van der Waals surface area (Å²) in [5.41, 5.74) is 0. The molecule has 1 aromatic heterocycles. The van der Waals surface area contributed by atoms with Crippen LogP contribution in [0, 0.1) is 0 Å². The third kappa shape index (κ3) is 6.24. The van der Waals surface area contributed by atoms with Crippen LogP contribution in [-0.2, 0) is 11.3 Å². The monoisotopic (exact) mass is 301 g/mol. The van der Waals surface area contributed by atoms with Gasteiger partial charge in [0.1, 0.15) is 0 Å². The van der Waals surface area contributed by atoms with Gasteiger partial charge in [-0.1, -0.05) is 12.1 Å². The zero-order valence-electron chi connectivity index (χ0n) is 10.7. The standard InChI is InChI=1S/C13H19NO3S2/c1-2-5-14(7-12-4-3-6-19-12)13(17)10-18-9-11(16)8-15/h2-4,6,11,15-16H,1,5,7-10H2. The molecule has 19 heavy (non-hydrogen) atoms. The number of thiophene rings is 1. The summed E-state index contributed by atoms with van der Waals surface area (Å²) in [6.45, 7) is 4.50. The Balaban J connectivity index is 2.41. The molecule has 2 N–H and O–H groups in total. The van der Waals surface area contributed by atoms with Crippen molar-refractivity contribution in [1.29, 1.82) is 0 Å². The van der Waals surface area contributed by atoms with Crippen LogP contribution < -0.4 is 0 Å². The van der Waals surface area contributed by atoms with E-state index in [0.29, 0.717) is 24.6 Å². The molecule has 1 amide bonds. The molecular formula is C13H19NO3S2. The lowest BCUT2D eigenvalue weighted by atomic mass is 10.4. The summed E-state index contributed by atoms with van der Waals surface area (Å²) < 4.78 is 0. The molecule has 0 aromatic carbocycles. The van der Waals surface area contributed by atoms with Crippen LogP contribution in [0.4, 0.5) is 0 Å². The quantitative estimate of drug-likeness (QED) is 0.676. The van der Waals surface area contributed by atoms with E-state index < -0.39 is 6.10 Å². The third-order valence-corrected chi connectivity index (χ3v) is 4.31.